The van der Waals surface area contributed by atoms with Crippen molar-refractivity contribution in [2.45, 2.75) is 25.7 Å². The van der Waals surface area contributed by atoms with Gasteiger partial charge in [-0.2, -0.15) is 13.2 Å². The fourth-order valence-corrected chi connectivity index (χ4v) is 1.87. The SMILES string of the molecule is C[C@@H](NC(=O)NCc1ccco1)c1ccc(C(F)(F)F)cc1. The van der Waals surface area contributed by atoms with E-state index in [0.29, 0.717) is 11.3 Å². The van der Waals surface area contributed by atoms with E-state index in [-0.39, 0.29) is 6.54 Å². The number of halogens is 3. The van der Waals surface area contributed by atoms with E-state index in [1.54, 1.807) is 19.1 Å². The van der Waals surface area contributed by atoms with Crippen molar-refractivity contribution in [3.05, 3.63) is 59.5 Å². The fourth-order valence-electron chi connectivity index (χ4n) is 1.87. The van der Waals surface area contributed by atoms with Crippen LogP contribution in [-0.4, -0.2) is 6.03 Å². The molecule has 0 radical (unpaired) electrons. The van der Waals surface area contributed by atoms with E-state index in [1.807, 2.05) is 0 Å². The Hall–Kier alpha value is -2.44. The molecule has 1 atom stereocenters. The highest BCUT2D eigenvalue weighted by Crippen LogP contribution is 2.29. The van der Waals surface area contributed by atoms with Gasteiger partial charge in [-0.25, -0.2) is 4.79 Å². The van der Waals surface area contributed by atoms with Crippen molar-refractivity contribution in [3.8, 4) is 0 Å². The Labute approximate surface area is 125 Å². The first-order valence-electron chi connectivity index (χ1n) is 6.60. The molecule has 2 amide bonds. The number of urea groups is 1. The Kier molecular flexibility index (Phi) is 4.75. The smallest absolute Gasteiger partial charge is 0.416 e. The summed E-state index contributed by atoms with van der Waals surface area (Å²) >= 11 is 0. The maximum absolute atomic E-state index is 12.5. The highest BCUT2D eigenvalue weighted by atomic mass is 19.4. The van der Waals surface area contributed by atoms with Crippen LogP contribution in [0.4, 0.5) is 18.0 Å². The van der Waals surface area contributed by atoms with Crippen LogP contribution in [0.5, 0.6) is 0 Å². The van der Waals surface area contributed by atoms with Crippen LogP contribution in [0.1, 0.15) is 29.9 Å². The molecule has 1 aromatic heterocycles. The van der Waals surface area contributed by atoms with Crippen molar-refractivity contribution in [1.29, 1.82) is 0 Å². The molecule has 0 unspecified atom stereocenters. The summed E-state index contributed by atoms with van der Waals surface area (Å²) in [5.41, 5.74) is -0.133. The zero-order valence-corrected chi connectivity index (χ0v) is 11.8. The van der Waals surface area contributed by atoms with Gasteiger partial charge in [0.15, 0.2) is 0 Å². The molecule has 0 aliphatic heterocycles. The molecule has 118 valence electrons. The molecule has 0 spiro atoms. The van der Waals surface area contributed by atoms with Gasteiger partial charge in [0, 0.05) is 0 Å². The van der Waals surface area contributed by atoms with Crippen LogP contribution < -0.4 is 10.6 Å². The third-order valence-corrected chi connectivity index (χ3v) is 3.09. The van der Waals surface area contributed by atoms with Crippen LogP contribution in [0.3, 0.4) is 0 Å². The quantitative estimate of drug-likeness (QED) is 0.900. The number of alkyl halides is 3. The molecular formula is C15H15F3N2O2. The minimum absolute atomic E-state index is 0.235. The van der Waals surface area contributed by atoms with E-state index in [2.05, 4.69) is 10.6 Å². The maximum atomic E-state index is 12.5. The van der Waals surface area contributed by atoms with Gasteiger partial charge in [0.2, 0.25) is 0 Å². The molecule has 0 aliphatic rings. The second-order valence-corrected chi connectivity index (χ2v) is 4.75. The molecule has 0 bridgehead atoms. The first kappa shape index (κ1) is 15.9. The van der Waals surface area contributed by atoms with Crippen LogP contribution in [0.15, 0.2) is 47.1 Å². The lowest BCUT2D eigenvalue weighted by Crippen LogP contribution is -2.36. The molecule has 4 nitrogen and oxygen atoms in total. The molecule has 2 aromatic rings. The Bertz CT molecular complexity index is 607. The van der Waals surface area contributed by atoms with E-state index in [9.17, 15) is 18.0 Å². The highest BCUT2D eigenvalue weighted by Gasteiger charge is 2.30. The van der Waals surface area contributed by atoms with Crippen LogP contribution in [0.2, 0.25) is 0 Å². The second kappa shape index (κ2) is 6.55. The van der Waals surface area contributed by atoms with E-state index >= 15 is 0 Å². The fraction of sp³-hybridized carbons (Fsp3) is 0.267. The number of nitrogens with one attached hydrogen (secondary N) is 2. The van der Waals surface area contributed by atoms with Crippen molar-refractivity contribution in [1.82, 2.24) is 10.6 Å². The third-order valence-electron chi connectivity index (χ3n) is 3.09. The van der Waals surface area contributed by atoms with E-state index in [0.717, 1.165) is 12.1 Å². The number of rotatable bonds is 4. The van der Waals surface area contributed by atoms with Gasteiger partial charge in [-0.15, -0.1) is 0 Å². The highest BCUT2D eigenvalue weighted by molar-refractivity contribution is 5.74. The first-order chi connectivity index (χ1) is 10.4. The summed E-state index contributed by atoms with van der Waals surface area (Å²) in [5.74, 6) is 0.609. The molecule has 7 heteroatoms. The van der Waals surface area contributed by atoms with Crippen LogP contribution in [-0.2, 0) is 12.7 Å². The van der Waals surface area contributed by atoms with Gasteiger partial charge in [0.1, 0.15) is 5.76 Å². The number of carbonyl (C=O) groups is 1. The number of benzene rings is 1. The van der Waals surface area contributed by atoms with Crippen molar-refractivity contribution >= 4 is 6.03 Å². The van der Waals surface area contributed by atoms with E-state index in [4.69, 9.17) is 4.42 Å². The van der Waals surface area contributed by atoms with Gasteiger partial charge < -0.3 is 15.1 Å². The molecule has 2 N–H and O–H groups in total. The Balaban J connectivity index is 1.88. The van der Waals surface area contributed by atoms with Crippen LogP contribution in [0.25, 0.3) is 0 Å². The lowest BCUT2D eigenvalue weighted by atomic mass is 10.1. The molecule has 0 saturated carbocycles. The lowest BCUT2D eigenvalue weighted by Gasteiger charge is -2.15. The Morgan fingerprint density at radius 1 is 1.23 bits per heavy atom. The lowest BCUT2D eigenvalue weighted by molar-refractivity contribution is -0.137. The van der Waals surface area contributed by atoms with E-state index < -0.39 is 23.8 Å². The van der Waals surface area contributed by atoms with Crippen molar-refractivity contribution in [2.75, 3.05) is 0 Å². The van der Waals surface area contributed by atoms with Gasteiger partial charge in [-0.1, -0.05) is 12.1 Å². The Morgan fingerprint density at radius 3 is 2.45 bits per heavy atom. The molecule has 1 aromatic carbocycles. The number of furan rings is 1. The molecule has 2 rings (SSSR count). The third kappa shape index (κ3) is 4.28. The largest absolute Gasteiger partial charge is 0.467 e. The number of hydrogen-bond acceptors (Lipinski definition) is 2. The first-order valence-corrected chi connectivity index (χ1v) is 6.60. The summed E-state index contributed by atoms with van der Waals surface area (Å²) in [6.07, 6.45) is -2.87. The number of carbonyl (C=O) groups excluding carboxylic acids is 1. The molecule has 0 aliphatic carbocycles. The summed E-state index contributed by atoms with van der Waals surface area (Å²) in [5, 5.41) is 5.24. The predicted octanol–water partition coefficient (Wildman–Crippen LogP) is 3.86. The van der Waals surface area contributed by atoms with Gasteiger partial charge in [-0.05, 0) is 36.8 Å². The van der Waals surface area contributed by atoms with Crippen molar-refractivity contribution in [3.63, 3.8) is 0 Å². The van der Waals surface area contributed by atoms with Crippen LogP contribution in [0, 0.1) is 0 Å². The molecule has 22 heavy (non-hydrogen) atoms. The Morgan fingerprint density at radius 2 is 1.91 bits per heavy atom. The van der Waals surface area contributed by atoms with Gasteiger partial charge in [0.25, 0.3) is 0 Å². The number of hydrogen-bond donors (Lipinski definition) is 2. The average molecular weight is 312 g/mol. The summed E-state index contributed by atoms with van der Waals surface area (Å²) in [6, 6.07) is 7.27. The summed E-state index contributed by atoms with van der Waals surface area (Å²) in [7, 11) is 0. The predicted molar refractivity (Wildman–Crippen MR) is 73.9 cm³/mol. The zero-order chi connectivity index (χ0) is 16.2. The van der Waals surface area contributed by atoms with Crippen LogP contribution >= 0.6 is 0 Å². The van der Waals surface area contributed by atoms with Gasteiger partial charge >= 0.3 is 12.2 Å². The summed E-state index contributed by atoms with van der Waals surface area (Å²) < 4.78 is 42.5. The number of amides is 2. The normalized spacial score (nSPS) is 12.7. The molecule has 0 fully saturated rings. The monoisotopic (exact) mass is 312 g/mol. The van der Waals surface area contributed by atoms with Crippen molar-refractivity contribution in [2.24, 2.45) is 0 Å². The maximum Gasteiger partial charge on any atom is 0.416 e. The van der Waals surface area contributed by atoms with Crippen molar-refractivity contribution < 1.29 is 22.4 Å². The topological polar surface area (TPSA) is 54.3 Å². The zero-order valence-electron chi connectivity index (χ0n) is 11.8. The minimum Gasteiger partial charge on any atom is -0.467 e. The molecular weight excluding hydrogens is 297 g/mol. The molecule has 0 saturated heterocycles. The van der Waals surface area contributed by atoms with Gasteiger partial charge in [0.05, 0.1) is 24.4 Å². The summed E-state index contributed by atoms with van der Waals surface area (Å²) in [6.45, 7) is 1.92. The average Bonchev–Trinajstić information content (AvgIpc) is 2.97. The van der Waals surface area contributed by atoms with E-state index in [1.165, 1.54) is 18.4 Å². The standard InChI is InChI=1S/C15H15F3N2O2/c1-10(11-4-6-12(7-5-11)15(16,17)18)20-14(21)19-9-13-3-2-8-22-13/h2-8,10H,9H2,1H3,(H2,19,20,21)/t10-/m1/s1. The molecule has 1 heterocycles. The summed E-state index contributed by atoms with van der Waals surface area (Å²) in [4.78, 5) is 11.7. The second-order valence-electron chi connectivity index (χ2n) is 4.75. The minimum atomic E-state index is -4.37. The van der Waals surface area contributed by atoms with Gasteiger partial charge in [-0.3, -0.25) is 0 Å².